The second-order valence-electron chi connectivity index (χ2n) is 14.9. The van der Waals surface area contributed by atoms with Gasteiger partial charge in [-0.3, -0.25) is 9.59 Å². The maximum Gasteiger partial charge on any atom is 0.362 e. The summed E-state index contributed by atoms with van der Waals surface area (Å²) >= 11 is 0. The zero-order valence-corrected chi connectivity index (χ0v) is 34.9. The van der Waals surface area contributed by atoms with Crippen molar-refractivity contribution in [1.29, 1.82) is 0 Å². The third-order valence-electron chi connectivity index (χ3n) is 8.87. The Hall–Kier alpha value is -3.23. The summed E-state index contributed by atoms with van der Waals surface area (Å²) in [6.07, 6.45) is 45.3. The minimum atomic E-state index is -0.884. The lowest BCUT2D eigenvalue weighted by Gasteiger charge is -2.31. The minimum Gasteiger partial charge on any atom is -0.477 e. The Balaban J connectivity index is 4.33. The summed E-state index contributed by atoms with van der Waals surface area (Å²) in [4.78, 5) is 36.7. The second-order valence-corrected chi connectivity index (χ2v) is 14.9. The highest BCUT2D eigenvalue weighted by Crippen LogP contribution is 2.12. The SMILES string of the molecule is CC/C=C/C/C=C/C/C=C/C/C=C/C/C=C/C/C=C/CCCCCCC(=O)OC(COCCC(C(=O)O)[N+](C)(C)C)COC(=O)CCCCCCCCC. The Morgan fingerprint density at radius 1 is 0.574 bits per heavy atom. The van der Waals surface area contributed by atoms with Crippen molar-refractivity contribution in [2.75, 3.05) is 41.0 Å². The Morgan fingerprint density at radius 2 is 1.04 bits per heavy atom. The molecule has 8 heteroatoms. The molecule has 0 aliphatic rings. The summed E-state index contributed by atoms with van der Waals surface area (Å²) in [5.74, 6) is -1.52. The molecule has 2 atom stereocenters. The van der Waals surface area contributed by atoms with Crippen molar-refractivity contribution in [3.8, 4) is 0 Å². The number of unbranched alkanes of at least 4 members (excludes halogenated alkanes) is 10. The molecular formula is C46H78NO7+. The van der Waals surface area contributed by atoms with E-state index in [0.29, 0.717) is 19.3 Å². The van der Waals surface area contributed by atoms with E-state index in [1.54, 1.807) is 0 Å². The van der Waals surface area contributed by atoms with Gasteiger partial charge in [0.15, 0.2) is 12.1 Å². The molecule has 0 aromatic carbocycles. The molecule has 1 N–H and O–H groups in total. The molecule has 0 aliphatic heterocycles. The van der Waals surface area contributed by atoms with E-state index in [1.165, 1.54) is 25.7 Å². The van der Waals surface area contributed by atoms with Gasteiger partial charge in [0, 0.05) is 19.3 Å². The highest BCUT2D eigenvalue weighted by Gasteiger charge is 2.31. The van der Waals surface area contributed by atoms with Crippen LogP contribution in [0.15, 0.2) is 72.9 Å². The number of hydrogen-bond donors (Lipinski definition) is 1. The molecule has 0 saturated carbocycles. The molecule has 0 spiro atoms. The van der Waals surface area contributed by atoms with Crippen LogP contribution in [0.5, 0.6) is 0 Å². The number of nitrogens with zero attached hydrogens (tertiary/aromatic N) is 1. The highest BCUT2D eigenvalue weighted by atomic mass is 16.6. The van der Waals surface area contributed by atoms with Crippen LogP contribution >= 0.6 is 0 Å². The maximum atomic E-state index is 12.7. The van der Waals surface area contributed by atoms with E-state index in [0.717, 1.165) is 89.9 Å². The molecule has 54 heavy (non-hydrogen) atoms. The number of carbonyl (C=O) groups excluding carboxylic acids is 2. The number of allylic oxidation sites excluding steroid dienone is 12. The first-order valence-corrected chi connectivity index (χ1v) is 21.0. The molecule has 0 heterocycles. The normalized spacial score (nSPS) is 13.7. The van der Waals surface area contributed by atoms with Crippen molar-refractivity contribution in [3.63, 3.8) is 0 Å². The Bertz CT molecular complexity index is 1110. The lowest BCUT2D eigenvalue weighted by molar-refractivity contribution is -0.887. The maximum absolute atomic E-state index is 12.7. The van der Waals surface area contributed by atoms with Gasteiger partial charge < -0.3 is 23.8 Å². The average molecular weight is 757 g/mol. The first kappa shape index (κ1) is 50.8. The summed E-state index contributed by atoms with van der Waals surface area (Å²) in [6, 6.07) is -0.620. The van der Waals surface area contributed by atoms with Crippen molar-refractivity contribution in [2.45, 2.75) is 161 Å². The molecule has 0 aliphatic carbocycles. The van der Waals surface area contributed by atoms with E-state index in [-0.39, 0.29) is 36.2 Å². The summed E-state index contributed by atoms with van der Waals surface area (Å²) in [5, 5.41) is 9.58. The molecule has 0 bridgehead atoms. The van der Waals surface area contributed by atoms with E-state index >= 15 is 0 Å². The topological polar surface area (TPSA) is 99.1 Å². The van der Waals surface area contributed by atoms with Crippen molar-refractivity contribution in [2.24, 2.45) is 0 Å². The van der Waals surface area contributed by atoms with Gasteiger partial charge in [0.1, 0.15) is 6.61 Å². The number of rotatable bonds is 36. The van der Waals surface area contributed by atoms with Crippen LogP contribution in [-0.4, -0.2) is 80.6 Å². The van der Waals surface area contributed by atoms with E-state index in [1.807, 2.05) is 21.1 Å². The molecule has 0 rings (SSSR count). The third kappa shape index (κ3) is 34.5. The number of carboxylic acids is 1. The zero-order chi connectivity index (χ0) is 40.0. The van der Waals surface area contributed by atoms with Crippen molar-refractivity contribution in [3.05, 3.63) is 72.9 Å². The largest absolute Gasteiger partial charge is 0.477 e. The second kappa shape index (κ2) is 36.7. The van der Waals surface area contributed by atoms with Crippen LogP contribution in [-0.2, 0) is 28.6 Å². The number of carboxylic acid groups (broad SMARTS) is 1. The summed E-state index contributed by atoms with van der Waals surface area (Å²) in [6.45, 7) is 4.53. The monoisotopic (exact) mass is 757 g/mol. The lowest BCUT2D eigenvalue weighted by Crippen LogP contribution is -2.50. The van der Waals surface area contributed by atoms with Gasteiger partial charge in [-0.25, -0.2) is 4.79 Å². The molecule has 0 aromatic heterocycles. The molecule has 308 valence electrons. The minimum absolute atomic E-state index is 0.0475. The number of likely N-dealkylation sites (N-methyl/N-ethyl adjacent to an activating group) is 1. The quantitative estimate of drug-likeness (QED) is 0.0294. The number of esters is 2. The first-order chi connectivity index (χ1) is 26.1. The van der Waals surface area contributed by atoms with Crippen LogP contribution in [0.3, 0.4) is 0 Å². The predicted octanol–water partition coefficient (Wildman–Crippen LogP) is 11.2. The van der Waals surface area contributed by atoms with Gasteiger partial charge in [0.05, 0.1) is 34.4 Å². The Kier molecular flexibility index (Phi) is 34.5. The summed E-state index contributed by atoms with van der Waals surface area (Å²) in [7, 11) is 5.50. The molecular weight excluding hydrogens is 679 g/mol. The van der Waals surface area contributed by atoms with Crippen molar-refractivity contribution < 1.29 is 38.2 Å². The fraction of sp³-hybridized carbons (Fsp3) is 0.674. The van der Waals surface area contributed by atoms with Gasteiger partial charge >= 0.3 is 17.9 Å². The lowest BCUT2D eigenvalue weighted by atomic mass is 10.1. The van der Waals surface area contributed by atoms with Crippen LogP contribution < -0.4 is 0 Å². The molecule has 2 unspecified atom stereocenters. The highest BCUT2D eigenvalue weighted by molar-refractivity contribution is 5.72. The molecule has 0 saturated heterocycles. The number of ether oxygens (including phenoxy) is 3. The van der Waals surface area contributed by atoms with Gasteiger partial charge in [-0.15, -0.1) is 0 Å². The number of aliphatic carboxylic acids is 1. The Morgan fingerprint density at radius 3 is 1.54 bits per heavy atom. The number of quaternary nitrogens is 1. The number of carbonyl (C=O) groups is 3. The van der Waals surface area contributed by atoms with Crippen LogP contribution in [0.2, 0.25) is 0 Å². The predicted molar refractivity (Wildman–Crippen MR) is 224 cm³/mol. The molecule has 0 aromatic rings. The third-order valence-corrected chi connectivity index (χ3v) is 8.87. The van der Waals surface area contributed by atoms with E-state index < -0.39 is 18.1 Å². The van der Waals surface area contributed by atoms with Gasteiger partial charge in [-0.05, 0) is 64.2 Å². The van der Waals surface area contributed by atoms with Gasteiger partial charge in [0.25, 0.3) is 0 Å². The summed E-state index contributed by atoms with van der Waals surface area (Å²) < 4.78 is 17.1. The molecule has 0 radical (unpaired) electrons. The van der Waals surface area contributed by atoms with Gasteiger partial charge in [-0.2, -0.15) is 0 Å². The zero-order valence-electron chi connectivity index (χ0n) is 34.9. The van der Waals surface area contributed by atoms with Crippen LogP contribution in [0.1, 0.15) is 149 Å². The number of hydrogen-bond acceptors (Lipinski definition) is 6. The van der Waals surface area contributed by atoms with Crippen molar-refractivity contribution in [1.82, 2.24) is 0 Å². The van der Waals surface area contributed by atoms with Gasteiger partial charge in [-0.1, -0.05) is 138 Å². The van der Waals surface area contributed by atoms with Gasteiger partial charge in [0.2, 0.25) is 0 Å². The van der Waals surface area contributed by atoms with E-state index in [2.05, 4.69) is 86.8 Å². The first-order valence-electron chi connectivity index (χ1n) is 21.0. The van der Waals surface area contributed by atoms with E-state index in [9.17, 15) is 19.5 Å². The van der Waals surface area contributed by atoms with Crippen LogP contribution in [0, 0.1) is 0 Å². The Labute approximate surface area is 330 Å². The smallest absolute Gasteiger partial charge is 0.362 e. The fourth-order valence-electron chi connectivity index (χ4n) is 5.62. The fourth-order valence-corrected chi connectivity index (χ4v) is 5.62. The van der Waals surface area contributed by atoms with E-state index in [4.69, 9.17) is 14.2 Å². The average Bonchev–Trinajstić information content (AvgIpc) is 3.12. The molecule has 0 amide bonds. The standard InChI is InChI=1S/C46H77NO7/c1-6-8-10-12-14-15-16-17-18-19-20-21-22-23-24-25-26-27-28-29-31-33-35-37-45(49)54-42(40-52-39-38-43(46(50)51)47(3,4)5)41-53-44(48)36-34-32-30-13-11-9-7-2/h8,10,14-15,17-18,20-21,23-24,26-27,42-43H,6-7,9,11-13,16,19,22,25,28-41H2,1-5H3/p+1/b10-8+,15-14+,18-17+,21-20+,24-23+,27-26+. The van der Waals surface area contributed by atoms with Crippen molar-refractivity contribution >= 4 is 17.9 Å². The van der Waals surface area contributed by atoms with Crippen LogP contribution in [0.25, 0.3) is 0 Å². The molecule has 8 nitrogen and oxygen atoms in total. The summed E-state index contributed by atoms with van der Waals surface area (Å²) in [5.41, 5.74) is 0. The van der Waals surface area contributed by atoms with Crippen LogP contribution in [0.4, 0.5) is 0 Å². The molecule has 0 fully saturated rings.